The lowest BCUT2D eigenvalue weighted by Crippen LogP contribution is -2.35. The van der Waals surface area contributed by atoms with Crippen molar-refractivity contribution in [3.05, 3.63) is 48.5 Å². The average molecular weight is 415 g/mol. The Balaban J connectivity index is 1.65. The molecular formula is C20H25N5O5. The molecule has 6 atom stereocenters. The Labute approximate surface area is 173 Å². The SMILES string of the molecule is CC(C(O)c1ccccc1)N(C)c1ncnc2c1ncn2[C@@H]1O[C@H](CO)C(O)[C@@H]1O. The number of aromatic nitrogens is 4. The van der Waals surface area contributed by atoms with Crippen LogP contribution in [0.2, 0.25) is 0 Å². The summed E-state index contributed by atoms with van der Waals surface area (Å²) < 4.78 is 7.10. The van der Waals surface area contributed by atoms with E-state index >= 15 is 0 Å². The summed E-state index contributed by atoms with van der Waals surface area (Å²) in [4.78, 5) is 14.8. The Bertz CT molecular complexity index is 1000. The Morgan fingerprint density at radius 3 is 2.53 bits per heavy atom. The van der Waals surface area contributed by atoms with Gasteiger partial charge in [-0.2, -0.15) is 0 Å². The second-order valence-electron chi connectivity index (χ2n) is 7.46. The molecule has 1 fully saturated rings. The topological polar surface area (TPSA) is 137 Å². The Kier molecular flexibility index (Phi) is 5.67. The Morgan fingerprint density at radius 1 is 1.13 bits per heavy atom. The zero-order chi connectivity index (χ0) is 21.4. The molecule has 0 radical (unpaired) electrons. The molecule has 160 valence electrons. The van der Waals surface area contributed by atoms with E-state index in [1.165, 1.54) is 17.2 Å². The third-order valence-corrected chi connectivity index (χ3v) is 5.67. The van der Waals surface area contributed by atoms with Gasteiger partial charge < -0.3 is 30.1 Å². The Morgan fingerprint density at radius 2 is 1.87 bits per heavy atom. The van der Waals surface area contributed by atoms with Crippen molar-refractivity contribution in [3.63, 3.8) is 0 Å². The highest BCUT2D eigenvalue weighted by atomic mass is 16.6. The van der Waals surface area contributed by atoms with Crippen molar-refractivity contribution in [1.82, 2.24) is 19.5 Å². The summed E-state index contributed by atoms with van der Waals surface area (Å²) in [5, 5.41) is 40.5. The molecular weight excluding hydrogens is 390 g/mol. The highest BCUT2D eigenvalue weighted by Crippen LogP contribution is 2.33. The van der Waals surface area contributed by atoms with Crippen molar-refractivity contribution >= 4 is 17.0 Å². The zero-order valence-electron chi connectivity index (χ0n) is 16.6. The maximum absolute atomic E-state index is 10.8. The van der Waals surface area contributed by atoms with Crippen LogP contribution in [0.15, 0.2) is 43.0 Å². The minimum absolute atomic E-state index is 0.315. The summed E-state index contributed by atoms with van der Waals surface area (Å²) >= 11 is 0. The quantitative estimate of drug-likeness (QED) is 0.438. The predicted octanol–water partition coefficient (Wildman–Crippen LogP) is -0.00390. The lowest BCUT2D eigenvalue weighted by molar-refractivity contribution is -0.0511. The molecule has 4 N–H and O–H groups in total. The summed E-state index contributed by atoms with van der Waals surface area (Å²) in [6, 6.07) is 9.04. The van der Waals surface area contributed by atoms with Gasteiger partial charge in [0.15, 0.2) is 23.2 Å². The maximum Gasteiger partial charge on any atom is 0.167 e. The van der Waals surface area contributed by atoms with Crippen LogP contribution in [0.4, 0.5) is 5.82 Å². The second kappa shape index (κ2) is 8.25. The number of ether oxygens (including phenoxy) is 1. The summed E-state index contributed by atoms with van der Waals surface area (Å²) in [6.07, 6.45) is -2.22. The van der Waals surface area contributed by atoms with Crippen LogP contribution in [0.1, 0.15) is 24.8 Å². The van der Waals surface area contributed by atoms with Gasteiger partial charge in [0, 0.05) is 7.05 Å². The second-order valence-corrected chi connectivity index (χ2v) is 7.46. The van der Waals surface area contributed by atoms with Crippen LogP contribution >= 0.6 is 0 Å². The van der Waals surface area contributed by atoms with Crippen LogP contribution in [0.3, 0.4) is 0 Å². The van der Waals surface area contributed by atoms with Gasteiger partial charge in [0.05, 0.1) is 25.1 Å². The van der Waals surface area contributed by atoms with Crippen LogP contribution in [-0.2, 0) is 4.74 Å². The number of hydrogen-bond donors (Lipinski definition) is 4. The largest absolute Gasteiger partial charge is 0.394 e. The number of aliphatic hydroxyl groups is 4. The summed E-state index contributed by atoms with van der Waals surface area (Å²) in [6.45, 7) is 1.47. The molecule has 0 aliphatic carbocycles. The molecule has 1 aliphatic rings. The predicted molar refractivity (Wildman–Crippen MR) is 108 cm³/mol. The van der Waals surface area contributed by atoms with E-state index in [2.05, 4.69) is 15.0 Å². The lowest BCUT2D eigenvalue weighted by atomic mass is 10.0. The summed E-state index contributed by atoms with van der Waals surface area (Å²) in [7, 11) is 1.81. The molecule has 1 aromatic carbocycles. The first-order valence-corrected chi connectivity index (χ1v) is 9.69. The molecule has 0 spiro atoms. The number of likely N-dealkylation sites (N-methyl/N-ethyl adjacent to an activating group) is 1. The fraction of sp³-hybridized carbons (Fsp3) is 0.450. The third kappa shape index (κ3) is 3.42. The molecule has 4 rings (SSSR count). The molecule has 3 heterocycles. The highest BCUT2D eigenvalue weighted by Gasteiger charge is 2.44. The van der Waals surface area contributed by atoms with Gasteiger partial charge in [0.2, 0.25) is 0 Å². The first kappa shape index (κ1) is 20.6. The number of rotatable bonds is 6. The maximum atomic E-state index is 10.8. The van der Waals surface area contributed by atoms with Crippen LogP contribution in [0.25, 0.3) is 11.2 Å². The summed E-state index contributed by atoms with van der Waals surface area (Å²) in [5.74, 6) is 0.507. The lowest BCUT2D eigenvalue weighted by Gasteiger charge is -2.30. The van der Waals surface area contributed by atoms with Gasteiger partial charge in [-0.25, -0.2) is 15.0 Å². The first-order valence-electron chi connectivity index (χ1n) is 9.69. The number of anilines is 1. The molecule has 3 unspecified atom stereocenters. The van der Waals surface area contributed by atoms with Gasteiger partial charge >= 0.3 is 0 Å². The van der Waals surface area contributed by atoms with Gasteiger partial charge in [-0.05, 0) is 12.5 Å². The normalized spacial score (nSPS) is 26.1. The van der Waals surface area contributed by atoms with E-state index in [-0.39, 0.29) is 6.04 Å². The van der Waals surface area contributed by atoms with Crippen molar-refractivity contribution in [2.75, 3.05) is 18.6 Å². The van der Waals surface area contributed by atoms with E-state index in [1.807, 2.05) is 49.2 Å². The molecule has 0 saturated carbocycles. The molecule has 0 bridgehead atoms. The fourth-order valence-corrected chi connectivity index (χ4v) is 3.73. The highest BCUT2D eigenvalue weighted by molar-refractivity contribution is 5.83. The minimum atomic E-state index is -1.24. The molecule has 30 heavy (non-hydrogen) atoms. The van der Waals surface area contributed by atoms with Crippen molar-refractivity contribution in [1.29, 1.82) is 0 Å². The van der Waals surface area contributed by atoms with Crippen LogP contribution in [0.5, 0.6) is 0 Å². The van der Waals surface area contributed by atoms with E-state index in [0.717, 1.165) is 5.56 Å². The number of hydrogen-bond acceptors (Lipinski definition) is 9. The molecule has 2 aromatic heterocycles. The Hall–Kier alpha value is -2.63. The number of fused-ring (bicyclic) bond motifs is 1. The number of aliphatic hydroxyl groups excluding tert-OH is 4. The molecule has 10 heteroatoms. The van der Waals surface area contributed by atoms with E-state index < -0.39 is 37.3 Å². The average Bonchev–Trinajstić information content (AvgIpc) is 3.33. The summed E-state index contributed by atoms with van der Waals surface area (Å²) in [5.41, 5.74) is 1.66. The minimum Gasteiger partial charge on any atom is -0.394 e. The first-order chi connectivity index (χ1) is 14.4. The van der Waals surface area contributed by atoms with Gasteiger partial charge in [-0.1, -0.05) is 30.3 Å². The van der Waals surface area contributed by atoms with Crippen LogP contribution in [-0.4, -0.2) is 78.0 Å². The number of imidazole rings is 1. The molecule has 3 aromatic rings. The van der Waals surface area contributed by atoms with Crippen molar-refractivity contribution in [2.45, 2.75) is 43.6 Å². The molecule has 1 aliphatic heterocycles. The van der Waals surface area contributed by atoms with Crippen molar-refractivity contribution in [3.8, 4) is 0 Å². The van der Waals surface area contributed by atoms with Gasteiger partial charge in [-0.3, -0.25) is 4.57 Å². The van der Waals surface area contributed by atoms with E-state index in [1.54, 1.807) is 0 Å². The van der Waals surface area contributed by atoms with Crippen molar-refractivity contribution in [2.24, 2.45) is 0 Å². The van der Waals surface area contributed by atoms with Crippen molar-refractivity contribution < 1.29 is 25.2 Å². The molecule has 1 saturated heterocycles. The molecule has 0 amide bonds. The van der Waals surface area contributed by atoms with Gasteiger partial charge in [-0.15, -0.1) is 0 Å². The van der Waals surface area contributed by atoms with Gasteiger partial charge in [0.1, 0.15) is 24.6 Å². The van der Waals surface area contributed by atoms with Crippen LogP contribution in [0, 0.1) is 0 Å². The molecule has 10 nitrogen and oxygen atoms in total. The van der Waals surface area contributed by atoms with E-state index in [9.17, 15) is 20.4 Å². The van der Waals surface area contributed by atoms with Gasteiger partial charge in [0.25, 0.3) is 0 Å². The third-order valence-electron chi connectivity index (χ3n) is 5.67. The number of nitrogens with zero attached hydrogens (tertiary/aromatic N) is 5. The zero-order valence-corrected chi connectivity index (χ0v) is 16.6. The van der Waals surface area contributed by atoms with E-state index in [0.29, 0.717) is 17.0 Å². The monoisotopic (exact) mass is 415 g/mol. The smallest absolute Gasteiger partial charge is 0.167 e. The standard InChI is InChI=1S/C20H25N5O5/c1-11(15(27)12-6-4-3-5-7-12)24(2)18-14-19(22-9-21-18)25(10-23-14)20-17(29)16(28)13(8-26)30-20/h3-7,9-11,13,15-17,20,26-29H,8H2,1-2H3/t11?,13-,15?,16?,17+,20-/m1/s1. The fourth-order valence-electron chi connectivity index (χ4n) is 3.73. The van der Waals surface area contributed by atoms with E-state index in [4.69, 9.17) is 4.74 Å². The number of benzene rings is 1. The van der Waals surface area contributed by atoms with Crippen LogP contribution < -0.4 is 4.90 Å².